The Kier molecular flexibility index (Phi) is 2.64. The molecule has 0 atom stereocenters. The van der Waals surface area contributed by atoms with E-state index in [0.29, 0.717) is 18.6 Å². The quantitative estimate of drug-likeness (QED) is 0.742. The van der Waals surface area contributed by atoms with E-state index in [-0.39, 0.29) is 0 Å². The fourth-order valence-corrected chi connectivity index (χ4v) is 1.63. The fraction of sp³-hybridized carbons (Fsp3) is 0.333. The second-order valence-electron chi connectivity index (χ2n) is 3.88. The average Bonchev–Trinajstić information content (AvgIpc) is 2.81. The minimum Gasteiger partial charge on any atom is -0.456 e. The summed E-state index contributed by atoms with van der Waals surface area (Å²) >= 11 is 0. The molecule has 0 aliphatic heterocycles. The summed E-state index contributed by atoms with van der Waals surface area (Å²) in [4.78, 5) is 10.5. The van der Waals surface area contributed by atoms with Gasteiger partial charge in [0.2, 0.25) is 0 Å². The van der Waals surface area contributed by atoms with Crippen molar-refractivity contribution in [3.05, 3.63) is 40.6 Å². The van der Waals surface area contributed by atoms with Crippen molar-refractivity contribution >= 4 is 6.29 Å². The Bertz CT molecular complexity index is 523. The van der Waals surface area contributed by atoms with E-state index in [2.05, 4.69) is 5.10 Å². The molecule has 0 amide bonds. The molecule has 0 aliphatic rings. The minimum atomic E-state index is 0.355. The molecule has 0 saturated carbocycles. The van der Waals surface area contributed by atoms with Gasteiger partial charge in [-0.15, -0.1) is 0 Å². The number of aromatic nitrogens is 2. The number of nitrogens with zero attached hydrogens (tertiary/aromatic N) is 2. The molecule has 0 spiro atoms. The maximum Gasteiger partial charge on any atom is 0.185 e. The number of aldehydes is 1. The van der Waals surface area contributed by atoms with Crippen molar-refractivity contribution in [1.82, 2.24) is 9.78 Å². The van der Waals surface area contributed by atoms with Crippen LogP contribution < -0.4 is 0 Å². The smallest absolute Gasteiger partial charge is 0.185 e. The van der Waals surface area contributed by atoms with Crippen LogP contribution in [0.4, 0.5) is 0 Å². The lowest BCUT2D eigenvalue weighted by atomic mass is 10.2. The van der Waals surface area contributed by atoms with Crippen molar-refractivity contribution in [2.75, 3.05) is 0 Å². The molecule has 0 N–H and O–H groups in total. The van der Waals surface area contributed by atoms with Gasteiger partial charge in [0.15, 0.2) is 12.0 Å². The van der Waals surface area contributed by atoms with Gasteiger partial charge in [-0.2, -0.15) is 5.10 Å². The van der Waals surface area contributed by atoms with E-state index in [9.17, 15) is 4.79 Å². The van der Waals surface area contributed by atoms with Crippen LogP contribution in [-0.4, -0.2) is 16.1 Å². The van der Waals surface area contributed by atoms with Crippen molar-refractivity contribution < 1.29 is 9.21 Å². The maximum absolute atomic E-state index is 10.5. The third-order valence-electron chi connectivity index (χ3n) is 2.85. The molecule has 0 aromatic carbocycles. The highest BCUT2D eigenvalue weighted by atomic mass is 16.3. The van der Waals surface area contributed by atoms with E-state index in [1.165, 1.54) is 5.56 Å². The lowest BCUT2D eigenvalue weighted by Gasteiger charge is -2.01. The molecule has 2 rings (SSSR count). The van der Waals surface area contributed by atoms with Crippen LogP contribution in [0.1, 0.15) is 33.3 Å². The molecule has 16 heavy (non-hydrogen) atoms. The molecular weight excluding hydrogens is 204 g/mol. The van der Waals surface area contributed by atoms with Crippen molar-refractivity contribution in [2.24, 2.45) is 0 Å². The summed E-state index contributed by atoms with van der Waals surface area (Å²) in [6, 6.07) is 3.47. The average molecular weight is 218 g/mol. The van der Waals surface area contributed by atoms with Gasteiger partial charge in [-0.05, 0) is 38.5 Å². The summed E-state index contributed by atoms with van der Waals surface area (Å²) in [7, 11) is 0. The van der Waals surface area contributed by atoms with E-state index in [0.717, 1.165) is 17.1 Å². The molecular formula is C12H14N2O2. The van der Waals surface area contributed by atoms with Gasteiger partial charge in [0.25, 0.3) is 0 Å². The number of aryl methyl sites for hydroxylation is 1. The van der Waals surface area contributed by atoms with Gasteiger partial charge in [-0.3, -0.25) is 9.48 Å². The standard InChI is InChI=1S/C12H14N2O2/c1-8-9(2)13-14(10(8)3)6-11-4-5-12(7-15)16-11/h4-5,7H,6H2,1-3H3. The molecule has 0 saturated heterocycles. The summed E-state index contributed by atoms with van der Waals surface area (Å²) in [5, 5.41) is 4.41. The molecule has 2 heterocycles. The van der Waals surface area contributed by atoms with Gasteiger partial charge >= 0.3 is 0 Å². The first-order chi connectivity index (χ1) is 7.61. The Morgan fingerprint density at radius 3 is 2.62 bits per heavy atom. The highest BCUT2D eigenvalue weighted by molar-refractivity contribution is 5.70. The van der Waals surface area contributed by atoms with Crippen LogP contribution in [0, 0.1) is 20.8 Å². The number of furan rings is 1. The Balaban J connectivity index is 2.26. The Labute approximate surface area is 93.9 Å². The summed E-state index contributed by atoms with van der Waals surface area (Å²) < 4.78 is 7.20. The van der Waals surface area contributed by atoms with Crippen molar-refractivity contribution in [3.63, 3.8) is 0 Å². The van der Waals surface area contributed by atoms with Crippen molar-refractivity contribution in [1.29, 1.82) is 0 Å². The van der Waals surface area contributed by atoms with Crippen LogP contribution in [0.25, 0.3) is 0 Å². The third kappa shape index (κ3) is 1.78. The maximum atomic E-state index is 10.5. The zero-order valence-electron chi connectivity index (χ0n) is 9.65. The van der Waals surface area contributed by atoms with E-state index >= 15 is 0 Å². The van der Waals surface area contributed by atoms with Crippen LogP contribution in [0.5, 0.6) is 0 Å². The molecule has 0 unspecified atom stereocenters. The van der Waals surface area contributed by atoms with Gasteiger partial charge in [-0.25, -0.2) is 0 Å². The Morgan fingerprint density at radius 1 is 1.38 bits per heavy atom. The minimum absolute atomic E-state index is 0.355. The Hall–Kier alpha value is -1.84. The molecule has 84 valence electrons. The summed E-state index contributed by atoms with van der Waals surface area (Å²) in [6.07, 6.45) is 0.704. The monoisotopic (exact) mass is 218 g/mol. The zero-order valence-corrected chi connectivity index (χ0v) is 9.65. The van der Waals surface area contributed by atoms with Gasteiger partial charge < -0.3 is 4.42 Å². The normalized spacial score (nSPS) is 10.7. The highest BCUT2D eigenvalue weighted by Crippen LogP contribution is 2.14. The van der Waals surface area contributed by atoms with Crippen molar-refractivity contribution in [2.45, 2.75) is 27.3 Å². The Morgan fingerprint density at radius 2 is 2.12 bits per heavy atom. The molecule has 0 fully saturated rings. The van der Waals surface area contributed by atoms with Crippen LogP contribution in [0.3, 0.4) is 0 Å². The number of hydrogen-bond donors (Lipinski definition) is 0. The van der Waals surface area contributed by atoms with Gasteiger partial charge in [0.1, 0.15) is 5.76 Å². The van der Waals surface area contributed by atoms with Gasteiger partial charge in [-0.1, -0.05) is 0 Å². The largest absolute Gasteiger partial charge is 0.456 e. The molecule has 0 radical (unpaired) electrons. The van der Waals surface area contributed by atoms with Crippen LogP contribution in [0.15, 0.2) is 16.5 Å². The number of hydrogen-bond acceptors (Lipinski definition) is 3. The first-order valence-electron chi connectivity index (χ1n) is 5.16. The molecule has 0 aliphatic carbocycles. The van der Waals surface area contributed by atoms with E-state index < -0.39 is 0 Å². The number of carbonyl (C=O) groups excluding carboxylic acids is 1. The second kappa shape index (κ2) is 3.96. The number of rotatable bonds is 3. The third-order valence-corrected chi connectivity index (χ3v) is 2.85. The molecule has 2 aromatic rings. The molecule has 2 aromatic heterocycles. The van der Waals surface area contributed by atoms with E-state index in [1.54, 1.807) is 12.1 Å². The predicted octanol–water partition coefficient (Wildman–Crippen LogP) is 2.26. The van der Waals surface area contributed by atoms with Crippen LogP contribution in [0.2, 0.25) is 0 Å². The first-order valence-corrected chi connectivity index (χ1v) is 5.16. The first kappa shape index (κ1) is 10.7. The topological polar surface area (TPSA) is 48.0 Å². The highest BCUT2D eigenvalue weighted by Gasteiger charge is 2.09. The SMILES string of the molecule is Cc1nn(Cc2ccc(C=O)o2)c(C)c1C. The van der Waals surface area contributed by atoms with Crippen LogP contribution >= 0.6 is 0 Å². The molecule has 4 heteroatoms. The predicted molar refractivity (Wildman–Crippen MR) is 59.6 cm³/mol. The molecule has 4 nitrogen and oxygen atoms in total. The summed E-state index contributed by atoms with van der Waals surface area (Å²) in [6.45, 7) is 6.62. The number of carbonyl (C=O) groups is 1. The van der Waals surface area contributed by atoms with Crippen LogP contribution in [-0.2, 0) is 6.54 Å². The van der Waals surface area contributed by atoms with Crippen molar-refractivity contribution in [3.8, 4) is 0 Å². The second-order valence-corrected chi connectivity index (χ2v) is 3.88. The lowest BCUT2D eigenvalue weighted by molar-refractivity contribution is 0.109. The molecule has 0 bridgehead atoms. The van der Waals surface area contributed by atoms with Gasteiger partial charge in [0, 0.05) is 5.69 Å². The lowest BCUT2D eigenvalue weighted by Crippen LogP contribution is -2.03. The van der Waals surface area contributed by atoms with E-state index in [1.807, 2.05) is 25.5 Å². The summed E-state index contributed by atoms with van der Waals surface area (Å²) in [5.74, 6) is 1.10. The fourth-order valence-electron chi connectivity index (χ4n) is 1.63. The zero-order chi connectivity index (χ0) is 11.7. The summed E-state index contributed by atoms with van der Waals surface area (Å²) in [5.41, 5.74) is 3.35. The van der Waals surface area contributed by atoms with Gasteiger partial charge in [0.05, 0.1) is 12.2 Å². The van der Waals surface area contributed by atoms with E-state index in [4.69, 9.17) is 4.42 Å².